The van der Waals surface area contributed by atoms with Crippen molar-refractivity contribution >= 4 is 10.0 Å². The third-order valence-electron chi connectivity index (χ3n) is 6.91. The molecular formula is C19H21F2N3O3S. The SMILES string of the molecule is O=S(=O)(C(F)F)N1CCC2(CC1)CC(C1c3ccccc3-c3cncn31)C2O. The molecule has 150 valence electrons. The van der Waals surface area contributed by atoms with Crippen LogP contribution in [-0.2, 0) is 10.0 Å². The number of piperidine rings is 1. The van der Waals surface area contributed by atoms with Gasteiger partial charge in [-0.1, -0.05) is 24.3 Å². The summed E-state index contributed by atoms with van der Waals surface area (Å²) in [6.45, 7) is 0.0715. The predicted octanol–water partition coefficient (Wildman–Crippen LogP) is 2.47. The van der Waals surface area contributed by atoms with Crippen LogP contribution in [-0.4, -0.2) is 52.3 Å². The number of alkyl halides is 2. The Morgan fingerprint density at radius 3 is 2.61 bits per heavy atom. The number of hydrogen-bond acceptors (Lipinski definition) is 4. The first-order chi connectivity index (χ1) is 13.3. The van der Waals surface area contributed by atoms with E-state index >= 15 is 0 Å². The molecule has 28 heavy (non-hydrogen) atoms. The number of rotatable bonds is 3. The molecule has 3 unspecified atom stereocenters. The number of aliphatic hydroxyl groups is 1. The summed E-state index contributed by atoms with van der Waals surface area (Å²) in [4.78, 5) is 4.25. The summed E-state index contributed by atoms with van der Waals surface area (Å²) in [5, 5.41) is 11.1. The van der Waals surface area contributed by atoms with Gasteiger partial charge in [0, 0.05) is 24.6 Å². The Hall–Kier alpha value is -1.84. The summed E-state index contributed by atoms with van der Waals surface area (Å²) in [6, 6.07) is 8.09. The number of benzene rings is 1. The Morgan fingerprint density at radius 1 is 1.21 bits per heavy atom. The fraction of sp³-hybridized carbons (Fsp3) is 0.526. The van der Waals surface area contributed by atoms with Gasteiger partial charge < -0.3 is 9.67 Å². The maximum absolute atomic E-state index is 12.8. The van der Waals surface area contributed by atoms with Crippen molar-refractivity contribution in [2.24, 2.45) is 11.3 Å². The molecule has 1 saturated heterocycles. The largest absolute Gasteiger partial charge is 0.392 e. The van der Waals surface area contributed by atoms with Crippen LogP contribution in [0.4, 0.5) is 8.78 Å². The average Bonchev–Trinajstić information content (AvgIpc) is 3.27. The number of fused-ring (bicyclic) bond motifs is 3. The monoisotopic (exact) mass is 409 g/mol. The van der Waals surface area contributed by atoms with Gasteiger partial charge in [-0.15, -0.1) is 0 Å². The molecule has 0 amide bonds. The van der Waals surface area contributed by atoms with Crippen molar-refractivity contribution in [1.82, 2.24) is 13.9 Å². The Morgan fingerprint density at radius 2 is 1.93 bits per heavy atom. The Bertz CT molecular complexity index is 1010. The van der Waals surface area contributed by atoms with Crippen LogP contribution in [0.2, 0.25) is 0 Å². The molecule has 1 aliphatic carbocycles. The van der Waals surface area contributed by atoms with E-state index < -0.39 is 27.3 Å². The van der Waals surface area contributed by atoms with Crippen molar-refractivity contribution in [3.63, 3.8) is 0 Å². The number of imidazole rings is 1. The van der Waals surface area contributed by atoms with Gasteiger partial charge in [-0.25, -0.2) is 13.4 Å². The number of aromatic nitrogens is 2. The van der Waals surface area contributed by atoms with Crippen molar-refractivity contribution in [2.45, 2.75) is 37.2 Å². The van der Waals surface area contributed by atoms with E-state index in [2.05, 4.69) is 21.7 Å². The minimum absolute atomic E-state index is 0.00264. The molecule has 1 spiro atoms. The Balaban J connectivity index is 1.36. The predicted molar refractivity (Wildman–Crippen MR) is 98.1 cm³/mol. The third kappa shape index (κ3) is 2.36. The summed E-state index contributed by atoms with van der Waals surface area (Å²) in [5.74, 6) is -3.40. The number of halogens is 2. The molecule has 2 fully saturated rings. The Labute approximate surface area is 161 Å². The van der Waals surface area contributed by atoms with Crippen LogP contribution in [0.3, 0.4) is 0 Å². The maximum atomic E-state index is 12.8. The third-order valence-corrected chi connectivity index (χ3v) is 8.44. The van der Waals surface area contributed by atoms with E-state index in [0.717, 1.165) is 27.5 Å². The summed E-state index contributed by atoms with van der Waals surface area (Å²) in [6.07, 6.45) is 4.56. The van der Waals surface area contributed by atoms with Crippen molar-refractivity contribution in [3.05, 3.63) is 42.4 Å². The van der Waals surface area contributed by atoms with Gasteiger partial charge in [0.05, 0.1) is 30.4 Å². The highest BCUT2D eigenvalue weighted by Crippen LogP contribution is 2.59. The van der Waals surface area contributed by atoms with Crippen LogP contribution < -0.4 is 0 Å². The number of nitrogens with zero attached hydrogens (tertiary/aromatic N) is 3. The lowest BCUT2D eigenvalue weighted by Crippen LogP contribution is -2.60. The molecule has 1 saturated carbocycles. The summed E-state index contributed by atoms with van der Waals surface area (Å²) in [7, 11) is -4.55. The van der Waals surface area contributed by atoms with E-state index in [-0.39, 0.29) is 25.0 Å². The molecule has 6 nitrogen and oxygen atoms in total. The van der Waals surface area contributed by atoms with Gasteiger partial charge in [0.15, 0.2) is 0 Å². The van der Waals surface area contributed by atoms with Gasteiger partial charge >= 0.3 is 5.76 Å². The van der Waals surface area contributed by atoms with E-state index in [9.17, 15) is 22.3 Å². The lowest BCUT2D eigenvalue weighted by molar-refractivity contribution is -0.152. The van der Waals surface area contributed by atoms with Gasteiger partial charge in [-0.2, -0.15) is 13.1 Å². The van der Waals surface area contributed by atoms with Crippen molar-refractivity contribution < 1.29 is 22.3 Å². The standard InChI is InChI=1S/C19H21F2N3O3S/c20-18(21)28(26,27)23-7-5-19(6-8-23)9-14(17(19)25)16-13-4-2-1-3-12(13)15-10-22-11-24(15)16/h1-4,10-11,14,16-18,25H,5-9H2. The molecular weight excluding hydrogens is 388 g/mol. The highest BCUT2D eigenvalue weighted by atomic mass is 32.2. The van der Waals surface area contributed by atoms with Gasteiger partial charge in [0.25, 0.3) is 10.0 Å². The molecule has 3 atom stereocenters. The van der Waals surface area contributed by atoms with Gasteiger partial charge in [-0.05, 0) is 30.2 Å². The highest BCUT2D eigenvalue weighted by molar-refractivity contribution is 7.89. The van der Waals surface area contributed by atoms with Crippen LogP contribution in [0.15, 0.2) is 36.8 Å². The number of hydrogen-bond donors (Lipinski definition) is 1. The average molecular weight is 409 g/mol. The smallest absolute Gasteiger partial charge is 0.350 e. The zero-order valence-corrected chi connectivity index (χ0v) is 15.9. The second-order valence-corrected chi connectivity index (χ2v) is 10.0. The fourth-order valence-corrected chi connectivity index (χ4v) is 6.31. The molecule has 1 aromatic heterocycles. The second-order valence-electron chi connectivity index (χ2n) is 8.10. The van der Waals surface area contributed by atoms with Crippen LogP contribution in [0.5, 0.6) is 0 Å². The van der Waals surface area contributed by atoms with Crippen LogP contribution in [0, 0.1) is 11.3 Å². The minimum Gasteiger partial charge on any atom is -0.392 e. The number of sulfonamides is 1. The molecule has 0 bridgehead atoms. The zero-order valence-electron chi connectivity index (χ0n) is 15.1. The molecule has 3 aliphatic rings. The molecule has 9 heteroatoms. The number of aliphatic hydroxyl groups excluding tert-OH is 1. The Kier molecular flexibility index (Phi) is 3.95. The summed E-state index contributed by atoms with van der Waals surface area (Å²) >= 11 is 0. The van der Waals surface area contributed by atoms with Crippen LogP contribution in [0.1, 0.15) is 30.9 Å². The van der Waals surface area contributed by atoms with Crippen LogP contribution >= 0.6 is 0 Å². The van der Waals surface area contributed by atoms with Gasteiger partial charge in [0.1, 0.15) is 0 Å². The van der Waals surface area contributed by atoms with Crippen molar-refractivity contribution in [1.29, 1.82) is 0 Å². The first-order valence-corrected chi connectivity index (χ1v) is 10.9. The van der Waals surface area contributed by atoms with Gasteiger partial charge in [0.2, 0.25) is 0 Å². The molecule has 3 heterocycles. The molecule has 0 radical (unpaired) electrons. The van der Waals surface area contributed by atoms with E-state index in [0.29, 0.717) is 12.8 Å². The quantitative estimate of drug-likeness (QED) is 0.845. The lowest BCUT2D eigenvalue weighted by atomic mass is 9.53. The molecule has 2 aromatic rings. The minimum atomic E-state index is -4.55. The second kappa shape index (κ2) is 6.08. The van der Waals surface area contributed by atoms with E-state index in [1.165, 1.54) is 0 Å². The molecule has 5 rings (SSSR count). The summed E-state index contributed by atoms with van der Waals surface area (Å²) < 4.78 is 52.0. The first-order valence-electron chi connectivity index (χ1n) is 9.41. The van der Waals surface area contributed by atoms with E-state index in [4.69, 9.17) is 0 Å². The zero-order chi connectivity index (χ0) is 19.7. The molecule has 2 aliphatic heterocycles. The molecule has 1 aromatic carbocycles. The first kappa shape index (κ1) is 18.2. The van der Waals surface area contributed by atoms with Gasteiger partial charge in [-0.3, -0.25) is 0 Å². The molecule has 1 N–H and O–H groups in total. The topological polar surface area (TPSA) is 75.4 Å². The normalized spacial score (nSPS) is 28.9. The van der Waals surface area contributed by atoms with E-state index in [1.54, 1.807) is 6.33 Å². The van der Waals surface area contributed by atoms with Crippen molar-refractivity contribution in [2.75, 3.05) is 13.1 Å². The van der Waals surface area contributed by atoms with Crippen LogP contribution in [0.25, 0.3) is 11.3 Å². The van der Waals surface area contributed by atoms with E-state index in [1.807, 2.05) is 18.3 Å². The van der Waals surface area contributed by atoms with Crippen molar-refractivity contribution in [3.8, 4) is 11.3 Å². The maximum Gasteiger partial charge on any atom is 0.350 e. The fourth-order valence-electron chi connectivity index (χ4n) is 5.39. The summed E-state index contributed by atoms with van der Waals surface area (Å²) in [5.41, 5.74) is 2.93. The lowest BCUT2D eigenvalue weighted by Gasteiger charge is -2.57. The highest BCUT2D eigenvalue weighted by Gasteiger charge is 2.58.